The third-order valence-electron chi connectivity index (χ3n) is 6.37. The Morgan fingerprint density at radius 2 is 1.15 bits per heavy atom. The van der Waals surface area contributed by atoms with Gasteiger partial charge in [-0.2, -0.15) is 0 Å². The monoisotopic (exact) mass is 498 g/mol. The smallest absolute Gasteiger partial charge is 1.00 e. The topological polar surface area (TPSA) is 0 Å². The van der Waals surface area contributed by atoms with Gasteiger partial charge < -0.3 is 24.8 Å². The molecule has 0 nitrogen and oxygen atoms in total. The minimum absolute atomic E-state index is 0. The van der Waals surface area contributed by atoms with E-state index in [1.54, 1.807) is 16.7 Å². The van der Waals surface area contributed by atoms with Gasteiger partial charge in [-0.05, 0) is 0 Å². The van der Waals surface area contributed by atoms with Crippen LogP contribution < -0.4 is 24.8 Å². The first-order valence-corrected chi connectivity index (χ1v) is 20.7. The molecule has 3 rings (SSSR count). The van der Waals surface area contributed by atoms with Crippen LogP contribution in [0.5, 0.6) is 0 Å². The minimum Gasteiger partial charge on any atom is -1.00 e. The maximum atomic E-state index is 2.67. The largest absolute Gasteiger partial charge is 1.00 e. The van der Waals surface area contributed by atoms with Crippen LogP contribution in [0, 0.1) is 5.41 Å². The molecule has 148 valence electrons. The molecular weight excluding hydrogens is 466 g/mol. The Kier molecular flexibility index (Phi) is 8.66. The second-order valence-electron chi connectivity index (χ2n) is 9.25. The van der Waals surface area contributed by atoms with Gasteiger partial charge in [0.2, 0.25) is 0 Å². The summed E-state index contributed by atoms with van der Waals surface area (Å²) in [7, 11) is 0. The molecule has 0 aromatic rings. The number of rotatable bonds is 4. The third-order valence-corrected chi connectivity index (χ3v) is 38.2. The molecule has 4 heteroatoms. The normalized spacial score (nSPS) is 19.0. The molecular formula is C23H34Cl2SiZr. The van der Waals surface area contributed by atoms with Crippen LogP contribution in [-0.4, -0.2) is 5.92 Å². The fourth-order valence-electron chi connectivity index (χ4n) is 5.35. The van der Waals surface area contributed by atoms with Gasteiger partial charge in [-0.15, -0.1) is 0 Å². The van der Waals surface area contributed by atoms with Crippen LogP contribution in [0.3, 0.4) is 0 Å². The predicted octanol–water partition coefficient (Wildman–Crippen LogP) is 0.860. The first kappa shape index (κ1) is 25.2. The van der Waals surface area contributed by atoms with Crippen LogP contribution in [0.1, 0.15) is 53.9 Å². The zero-order valence-corrected chi connectivity index (χ0v) is 23.0. The van der Waals surface area contributed by atoms with Gasteiger partial charge in [0.05, 0.1) is 0 Å². The molecule has 0 saturated heterocycles. The Hall–Kier alpha value is 0.120. The first-order valence-electron chi connectivity index (χ1n) is 9.84. The minimum atomic E-state index is -2.80. The van der Waals surface area contributed by atoms with Crippen molar-refractivity contribution in [2.75, 3.05) is 0 Å². The van der Waals surface area contributed by atoms with Crippen LogP contribution in [0.15, 0.2) is 63.0 Å². The standard InChI is InChI=1S/C9H13.2C6H7.C2H7Si.2ClH.Zr/c1-9(2,3)8-6-4-5-7-8;2*1-6-4-2-3-5-6;1-3-2;;;/h4,6H,5H2,1-3H3;2*2,4H,3H2,1H3;3H,1-2H3;2*1H;/q;;;;;;+2/p-2. The summed E-state index contributed by atoms with van der Waals surface area (Å²) in [6.07, 6.45) is 18.3. The molecule has 0 heterocycles. The summed E-state index contributed by atoms with van der Waals surface area (Å²) < 4.78 is 5.75. The summed E-state index contributed by atoms with van der Waals surface area (Å²) in [4.78, 5) is 0. The third kappa shape index (κ3) is 4.20. The predicted molar refractivity (Wildman–Crippen MR) is 112 cm³/mol. The van der Waals surface area contributed by atoms with Crippen molar-refractivity contribution in [3.05, 3.63) is 63.0 Å². The molecule has 0 amide bonds. The maximum Gasteiger partial charge on any atom is -1.00 e. The Morgan fingerprint density at radius 3 is 1.48 bits per heavy atom. The van der Waals surface area contributed by atoms with Gasteiger partial charge in [0, 0.05) is 0 Å². The number of hydrogen-bond donors (Lipinski definition) is 0. The van der Waals surface area contributed by atoms with Crippen LogP contribution in [0.4, 0.5) is 0 Å². The van der Waals surface area contributed by atoms with Gasteiger partial charge in [0.15, 0.2) is 0 Å². The summed E-state index contributed by atoms with van der Waals surface area (Å²) in [6.45, 7) is 17.4. The second kappa shape index (κ2) is 9.29. The van der Waals surface area contributed by atoms with Gasteiger partial charge in [0.1, 0.15) is 0 Å². The zero-order chi connectivity index (χ0) is 18.4. The SMILES string of the molecule is CC1=[C]([Zr+2]([C]2=C(C)C=CC2)([C]2=C(C(C)(C)C)C=CC2)[SiH](C)C)CC=C1.[Cl-].[Cl-]. The molecule has 0 unspecified atom stereocenters. The molecule has 3 aliphatic rings. The van der Waals surface area contributed by atoms with Gasteiger partial charge in [-0.1, -0.05) is 0 Å². The van der Waals surface area contributed by atoms with Crippen LogP contribution in [-0.2, 0) is 19.4 Å². The molecule has 0 fully saturated rings. The Morgan fingerprint density at radius 1 is 0.741 bits per heavy atom. The zero-order valence-electron chi connectivity index (χ0n) is 17.9. The van der Waals surface area contributed by atoms with E-state index in [2.05, 4.69) is 84.2 Å². The van der Waals surface area contributed by atoms with Gasteiger partial charge in [-0.3, -0.25) is 0 Å². The molecule has 0 N–H and O–H groups in total. The van der Waals surface area contributed by atoms with Crippen molar-refractivity contribution in [2.45, 2.75) is 67.0 Å². The Labute approximate surface area is 184 Å². The quantitative estimate of drug-likeness (QED) is 0.503. The molecule has 0 bridgehead atoms. The summed E-state index contributed by atoms with van der Waals surface area (Å²) >= 11 is -2.80. The molecule has 27 heavy (non-hydrogen) atoms. The van der Waals surface area contributed by atoms with E-state index in [4.69, 9.17) is 0 Å². The first-order chi connectivity index (χ1) is 11.7. The molecule has 0 atom stereocenters. The fraction of sp³-hybridized carbons (Fsp3) is 0.478. The average molecular weight is 501 g/mol. The molecule has 0 aliphatic heterocycles. The van der Waals surface area contributed by atoms with Crippen molar-refractivity contribution in [1.29, 1.82) is 0 Å². The summed E-state index contributed by atoms with van der Waals surface area (Å²) in [5.41, 5.74) is 5.16. The maximum absolute atomic E-state index is 2.80. The van der Waals surface area contributed by atoms with E-state index in [1.807, 2.05) is 9.84 Å². The molecule has 0 aromatic heterocycles. The van der Waals surface area contributed by atoms with Crippen molar-refractivity contribution in [2.24, 2.45) is 5.41 Å². The summed E-state index contributed by atoms with van der Waals surface area (Å²) in [5, 5.41) is 0. The van der Waals surface area contributed by atoms with E-state index in [-0.39, 0.29) is 30.2 Å². The van der Waals surface area contributed by atoms with Gasteiger partial charge in [-0.25, -0.2) is 0 Å². The Balaban J connectivity index is 0.00000182. The molecule has 0 saturated carbocycles. The van der Waals surface area contributed by atoms with Crippen LogP contribution in [0.2, 0.25) is 13.1 Å². The van der Waals surface area contributed by atoms with E-state index in [1.165, 1.54) is 19.3 Å². The van der Waals surface area contributed by atoms with E-state index in [0.717, 1.165) is 0 Å². The fourth-order valence-corrected chi connectivity index (χ4v) is 40.1. The molecule has 3 aliphatic carbocycles. The summed E-state index contributed by atoms with van der Waals surface area (Å²) in [5.74, 6) is -0.852. The molecule has 0 spiro atoms. The number of halogens is 2. The number of hydrogen-bond acceptors (Lipinski definition) is 0. The van der Waals surface area contributed by atoms with E-state index in [0.29, 0.717) is 0 Å². The van der Waals surface area contributed by atoms with Crippen molar-refractivity contribution in [3.8, 4) is 0 Å². The Bertz CT molecular complexity index is 735. The van der Waals surface area contributed by atoms with E-state index in [9.17, 15) is 0 Å². The second-order valence-corrected chi connectivity index (χ2v) is 33.6. The van der Waals surface area contributed by atoms with Crippen LogP contribution in [0.25, 0.3) is 0 Å². The van der Waals surface area contributed by atoms with Crippen molar-refractivity contribution >= 4 is 5.92 Å². The molecule has 0 radical (unpaired) electrons. The van der Waals surface area contributed by atoms with E-state index >= 15 is 0 Å². The number of allylic oxidation sites excluding steroid dienone is 12. The summed E-state index contributed by atoms with van der Waals surface area (Å²) in [6, 6.07) is 0. The van der Waals surface area contributed by atoms with Crippen molar-refractivity contribution in [1.82, 2.24) is 0 Å². The van der Waals surface area contributed by atoms with Gasteiger partial charge in [0.25, 0.3) is 0 Å². The van der Waals surface area contributed by atoms with Gasteiger partial charge >= 0.3 is 161 Å². The average Bonchev–Trinajstić information content (AvgIpc) is 3.22. The van der Waals surface area contributed by atoms with Crippen molar-refractivity contribution in [3.63, 3.8) is 0 Å². The molecule has 0 aromatic carbocycles. The van der Waals surface area contributed by atoms with Crippen LogP contribution >= 0.6 is 0 Å². The van der Waals surface area contributed by atoms with Crippen molar-refractivity contribution < 1.29 is 44.2 Å². The van der Waals surface area contributed by atoms with E-state index < -0.39 is 25.4 Å².